The predicted octanol–water partition coefficient (Wildman–Crippen LogP) is 4.05. The molecular weight excluding hydrogens is 409 g/mol. The average molecular weight is 436 g/mol. The molecule has 5 rings (SSSR count). The van der Waals surface area contributed by atoms with Gasteiger partial charge < -0.3 is 15.4 Å². The van der Waals surface area contributed by atoms with Crippen LogP contribution in [-0.2, 0) is 4.74 Å². The standard InChI is InChI=1S/C24H26FN5O2/c1-2-4-17-14-30-21(13-27-23(30)22(28-17)26-12-18-5-3-10-32-18)15-6-9-19(20(25)11-15)24(31)29-16-7-8-16/h2,4,6,9,11,13-14,16,18H,3,5,7-8,10,12H2,1H3,(H,26,28)(H,29,31). The number of ether oxygens (including phenoxy) is 1. The summed E-state index contributed by atoms with van der Waals surface area (Å²) in [5.41, 5.74) is 2.84. The number of nitrogens with one attached hydrogen (secondary N) is 2. The van der Waals surface area contributed by atoms with Gasteiger partial charge in [0.1, 0.15) is 5.82 Å². The van der Waals surface area contributed by atoms with Crippen LogP contribution in [-0.4, -0.2) is 45.6 Å². The molecule has 0 bridgehead atoms. The summed E-state index contributed by atoms with van der Waals surface area (Å²) in [5, 5.41) is 6.20. The van der Waals surface area contributed by atoms with Crippen LogP contribution in [0.1, 0.15) is 48.7 Å². The molecule has 3 aromatic rings. The molecule has 2 aromatic heterocycles. The van der Waals surface area contributed by atoms with Crippen LogP contribution in [0.25, 0.3) is 23.0 Å². The van der Waals surface area contributed by atoms with Crippen LogP contribution in [0.15, 0.2) is 36.7 Å². The van der Waals surface area contributed by atoms with Crippen molar-refractivity contribution in [2.24, 2.45) is 0 Å². The Bertz CT molecular complexity index is 1180. The van der Waals surface area contributed by atoms with Crippen LogP contribution in [0.2, 0.25) is 0 Å². The second-order valence-corrected chi connectivity index (χ2v) is 8.31. The Morgan fingerprint density at radius 3 is 2.94 bits per heavy atom. The van der Waals surface area contributed by atoms with Gasteiger partial charge in [0.15, 0.2) is 11.5 Å². The summed E-state index contributed by atoms with van der Waals surface area (Å²) in [7, 11) is 0. The highest BCUT2D eigenvalue weighted by Crippen LogP contribution is 2.27. The largest absolute Gasteiger partial charge is 0.376 e. The van der Waals surface area contributed by atoms with Crippen LogP contribution < -0.4 is 10.6 Å². The van der Waals surface area contributed by atoms with Crippen molar-refractivity contribution in [1.82, 2.24) is 19.7 Å². The number of carbonyl (C=O) groups excluding carboxylic acids is 1. The van der Waals surface area contributed by atoms with Crippen molar-refractivity contribution in [2.75, 3.05) is 18.5 Å². The summed E-state index contributed by atoms with van der Waals surface area (Å²) in [6, 6.07) is 4.86. The van der Waals surface area contributed by atoms with Gasteiger partial charge in [0.25, 0.3) is 5.91 Å². The summed E-state index contributed by atoms with van der Waals surface area (Å²) in [6.07, 6.45) is 11.6. The van der Waals surface area contributed by atoms with E-state index in [1.807, 2.05) is 29.7 Å². The molecule has 2 fully saturated rings. The number of carbonyl (C=O) groups is 1. The molecule has 8 heteroatoms. The molecule has 32 heavy (non-hydrogen) atoms. The van der Waals surface area contributed by atoms with Crippen LogP contribution in [0.3, 0.4) is 0 Å². The quantitative estimate of drug-likeness (QED) is 0.585. The van der Waals surface area contributed by atoms with E-state index in [9.17, 15) is 9.18 Å². The van der Waals surface area contributed by atoms with E-state index in [0.29, 0.717) is 23.6 Å². The lowest BCUT2D eigenvalue weighted by molar-refractivity contribution is 0.0947. The Balaban J connectivity index is 1.48. The number of hydrogen-bond donors (Lipinski definition) is 2. The number of anilines is 1. The zero-order valence-corrected chi connectivity index (χ0v) is 18.0. The molecule has 7 nitrogen and oxygen atoms in total. The summed E-state index contributed by atoms with van der Waals surface area (Å²) < 4.78 is 22.4. The molecule has 1 aliphatic heterocycles. The number of fused-ring (bicyclic) bond motifs is 1. The number of halogens is 1. The van der Waals surface area contributed by atoms with Crippen molar-refractivity contribution in [3.63, 3.8) is 0 Å². The molecule has 166 valence electrons. The van der Waals surface area contributed by atoms with Crippen molar-refractivity contribution in [2.45, 2.75) is 44.8 Å². The normalized spacial score (nSPS) is 18.5. The van der Waals surface area contributed by atoms with Gasteiger partial charge in [0.2, 0.25) is 0 Å². The number of amides is 1. The average Bonchev–Trinajstić information content (AvgIpc) is 3.25. The highest BCUT2D eigenvalue weighted by molar-refractivity contribution is 5.95. The number of hydrogen-bond acceptors (Lipinski definition) is 5. The monoisotopic (exact) mass is 435 g/mol. The van der Waals surface area contributed by atoms with E-state index in [1.54, 1.807) is 12.3 Å². The second kappa shape index (κ2) is 8.70. The molecule has 1 aromatic carbocycles. The third-order valence-corrected chi connectivity index (χ3v) is 5.79. The maximum atomic E-state index is 14.8. The number of imidazole rings is 1. The van der Waals surface area contributed by atoms with Gasteiger partial charge in [-0.1, -0.05) is 12.1 Å². The Morgan fingerprint density at radius 1 is 1.34 bits per heavy atom. The summed E-state index contributed by atoms with van der Waals surface area (Å²) in [4.78, 5) is 21.5. The van der Waals surface area contributed by atoms with Crippen LogP contribution in [0.4, 0.5) is 10.2 Å². The SMILES string of the molecule is CC=Cc1cn2c(-c3ccc(C(=O)NC4CC4)c(F)c3)cnc2c(NCC2CCCO2)n1. The third kappa shape index (κ3) is 4.23. The summed E-state index contributed by atoms with van der Waals surface area (Å²) >= 11 is 0. The topological polar surface area (TPSA) is 80.5 Å². The van der Waals surface area contributed by atoms with Crippen molar-refractivity contribution >= 4 is 23.4 Å². The molecule has 1 saturated heterocycles. The molecule has 1 amide bonds. The second-order valence-electron chi connectivity index (χ2n) is 8.31. The van der Waals surface area contributed by atoms with E-state index >= 15 is 0 Å². The minimum Gasteiger partial charge on any atom is -0.376 e. The lowest BCUT2D eigenvalue weighted by Gasteiger charge is -2.13. The smallest absolute Gasteiger partial charge is 0.254 e. The van der Waals surface area contributed by atoms with Gasteiger partial charge in [-0.15, -0.1) is 0 Å². The number of aromatic nitrogens is 3. The van der Waals surface area contributed by atoms with Crippen LogP contribution in [0, 0.1) is 5.82 Å². The number of rotatable bonds is 7. The fourth-order valence-electron chi connectivity index (χ4n) is 3.96. The first kappa shape index (κ1) is 20.6. The zero-order chi connectivity index (χ0) is 22.1. The lowest BCUT2D eigenvalue weighted by atomic mass is 10.1. The molecular formula is C24H26FN5O2. The lowest BCUT2D eigenvalue weighted by Crippen LogP contribution is -2.26. The van der Waals surface area contributed by atoms with E-state index in [1.165, 1.54) is 12.1 Å². The fraction of sp³-hybridized carbons (Fsp3) is 0.375. The molecule has 1 unspecified atom stereocenters. The maximum Gasteiger partial charge on any atom is 0.254 e. The van der Waals surface area contributed by atoms with Crippen molar-refractivity contribution in [1.29, 1.82) is 0 Å². The van der Waals surface area contributed by atoms with Crippen molar-refractivity contribution in [3.8, 4) is 11.3 Å². The first-order valence-corrected chi connectivity index (χ1v) is 11.1. The summed E-state index contributed by atoms with van der Waals surface area (Å²) in [6.45, 7) is 3.38. The highest BCUT2D eigenvalue weighted by Gasteiger charge is 2.25. The third-order valence-electron chi connectivity index (χ3n) is 5.79. The molecule has 2 aliphatic rings. The van der Waals surface area contributed by atoms with Gasteiger partial charge in [-0.2, -0.15) is 0 Å². The van der Waals surface area contributed by atoms with E-state index in [2.05, 4.69) is 20.6 Å². The maximum absolute atomic E-state index is 14.8. The molecule has 1 atom stereocenters. The summed E-state index contributed by atoms with van der Waals surface area (Å²) in [5.74, 6) is -0.256. The van der Waals surface area contributed by atoms with Gasteiger partial charge in [-0.05, 0) is 50.8 Å². The Morgan fingerprint density at radius 2 is 2.22 bits per heavy atom. The van der Waals surface area contributed by atoms with E-state index in [0.717, 1.165) is 43.7 Å². The molecule has 0 radical (unpaired) electrons. The van der Waals surface area contributed by atoms with Gasteiger partial charge in [0, 0.05) is 31.0 Å². The molecule has 1 aliphatic carbocycles. The predicted molar refractivity (Wildman–Crippen MR) is 121 cm³/mol. The number of allylic oxidation sites excluding steroid dienone is 1. The van der Waals surface area contributed by atoms with Crippen LogP contribution >= 0.6 is 0 Å². The molecule has 3 heterocycles. The van der Waals surface area contributed by atoms with Gasteiger partial charge in [0.05, 0.1) is 29.3 Å². The van der Waals surface area contributed by atoms with Gasteiger partial charge >= 0.3 is 0 Å². The molecule has 1 saturated carbocycles. The van der Waals surface area contributed by atoms with E-state index in [4.69, 9.17) is 4.74 Å². The zero-order valence-electron chi connectivity index (χ0n) is 18.0. The molecule has 0 spiro atoms. The minimum atomic E-state index is -0.546. The first-order chi connectivity index (χ1) is 15.6. The first-order valence-electron chi connectivity index (χ1n) is 11.1. The van der Waals surface area contributed by atoms with Crippen molar-refractivity contribution < 1.29 is 13.9 Å². The molecule has 2 N–H and O–H groups in total. The number of nitrogens with zero attached hydrogens (tertiary/aromatic N) is 3. The number of benzene rings is 1. The fourth-order valence-corrected chi connectivity index (χ4v) is 3.96. The highest BCUT2D eigenvalue weighted by atomic mass is 19.1. The Labute approximate surface area is 185 Å². The minimum absolute atomic E-state index is 0.0599. The van der Waals surface area contributed by atoms with Gasteiger partial charge in [-0.25, -0.2) is 14.4 Å². The van der Waals surface area contributed by atoms with Crippen molar-refractivity contribution in [3.05, 3.63) is 53.7 Å². The Hall–Kier alpha value is -3.26. The Kier molecular flexibility index (Phi) is 5.61. The van der Waals surface area contributed by atoms with Crippen LogP contribution in [0.5, 0.6) is 0 Å². The van der Waals surface area contributed by atoms with E-state index in [-0.39, 0.29) is 23.6 Å². The van der Waals surface area contributed by atoms with E-state index < -0.39 is 5.82 Å². The van der Waals surface area contributed by atoms with Gasteiger partial charge in [-0.3, -0.25) is 9.20 Å².